The molecule has 0 saturated heterocycles. The molecule has 0 aromatic heterocycles. The smallest absolute Gasteiger partial charge is 0.220 e. The summed E-state index contributed by atoms with van der Waals surface area (Å²) in [6.07, 6.45) is 11.8. The molecule has 4 amide bonds. The normalized spacial score (nSPS) is 13.6. The van der Waals surface area contributed by atoms with Crippen LogP contribution >= 0.6 is 0 Å². The first-order chi connectivity index (χ1) is 23.6. The van der Waals surface area contributed by atoms with E-state index in [9.17, 15) is 14.4 Å². The molecule has 0 radical (unpaired) electrons. The summed E-state index contributed by atoms with van der Waals surface area (Å²) < 4.78 is 0. The lowest BCUT2D eigenvalue weighted by Gasteiger charge is -2.20. The second-order valence-electron chi connectivity index (χ2n) is 12.3. The maximum absolute atomic E-state index is 12.1. The van der Waals surface area contributed by atoms with Gasteiger partial charge in [0, 0.05) is 31.8 Å². The molecule has 1 aliphatic heterocycles. The van der Waals surface area contributed by atoms with E-state index in [1.54, 1.807) is 6.92 Å². The molecule has 5 rings (SSSR count). The molecule has 0 spiro atoms. The number of nitrogens with two attached hydrogens (primary N) is 4. The van der Waals surface area contributed by atoms with Gasteiger partial charge in [-0.05, 0) is 91.9 Å². The van der Waals surface area contributed by atoms with Crippen LogP contribution in [0.1, 0.15) is 94.7 Å². The Morgan fingerprint density at radius 3 is 2.08 bits per heavy atom. The molecule has 3 aromatic carbocycles. The van der Waals surface area contributed by atoms with Crippen LogP contribution < -0.4 is 33.6 Å². The molecule has 270 valence electrons. The predicted molar refractivity (Wildman–Crippen MR) is 200 cm³/mol. The molecule has 10 heteroatoms. The zero-order chi connectivity index (χ0) is 36.3. The van der Waals surface area contributed by atoms with Gasteiger partial charge in [0.15, 0.2) is 0 Å². The van der Waals surface area contributed by atoms with Crippen LogP contribution in [0, 0.1) is 5.92 Å². The van der Waals surface area contributed by atoms with Crippen molar-refractivity contribution < 1.29 is 19.2 Å². The highest BCUT2D eigenvalue weighted by Gasteiger charge is 2.22. The number of primary amides is 3. The van der Waals surface area contributed by atoms with Crippen molar-refractivity contribution in [3.05, 3.63) is 83.4 Å². The average Bonchev–Trinajstić information content (AvgIpc) is 3.66. The van der Waals surface area contributed by atoms with E-state index in [-0.39, 0.29) is 24.1 Å². The zero-order valence-corrected chi connectivity index (χ0v) is 29.6. The van der Waals surface area contributed by atoms with Gasteiger partial charge in [-0.15, -0.1) is 0 Å². The highest BCUT2D eigenvalue weighted by molar-refractivity contribution is 5.83. The quantitative estimate of drug-likeness (QED) is 0.125. The second-order valence-corrected chi connectivity index (χ2v) is 12.3. The molecular formula is C39H60N6O4. The molecule has 1 saturated carbocycles. The van der Waals surface area contributed by atoms with E-state index in [1.165, 1.54) is 59.6 Å². The third-order valence-corrected chi connectivity index (χ3v) is 8.43. The van der Waals surface area contributed by atoms with Crippen LogP contribution in [0.2, 0.25) is 0 Å². The standard InChI is InChI=1S/C20H25NO.C9H11N.C6H14N2O.C3H7NO.CH3NO/c1-15(17-6-2-3-7-17)21-20(22)13-11-16-10-12-18-8-4-5-9-19(18)14-16;1-2-4-9-7-10-6-5-8(9)3-1;7-5-3-1-2-4-6(8)9;1-2-3(4)5;2-1-3/h4-5,8-10,12,14-15,17H,2-3,6-7,11,13H2,1H3,(H,21,22);1-4,10H,5-7H2;1-5,7H2,(H2,8,9);2H2,1H3,(H2,4,5);1H,(H2,2,3). The van der Waals surface area contributed by atoms with Crippen LogP contribution in [0.4, 0.5) is 0 Å². The molecule has 1 unspecified atom stereocenters. The van der Waals surface area contributed by atoms with Crippen molar-refractivity contribution in [1.82, 2.24) is 10.6 Å². The van der Waals surface area contributed by atoms with Crippen LogP contribution in [0.3, 0.4) is 0 Å². The van der Waals surface area contributed by atoms with Gasteiger partial charge in [-0.1, -0.05) is 92.9 Å². The van der Waals surface area contributed by atoms with Gasteiger partial charge in [-0.25, -0.2) is 0 Å². The van der Waals surface area contributed by atoms with E-state index in [0.29, 0.717) is 37.8 Å². The highest BCUT2D eigenvalue weighted by atomic mass is 16.2. The number of amides is 4. The Bertz CT molecular complexity index is 1350. The summed E-state index contributed by atoms with van der Waals surface area (Å²) in [5.41, 5.74) is 23.2. The number of unbranched alkanes of at least 4 members (excludes halogenated alkanes) is 2. The fourth-order valence-electron chi connectivity index (χ4n) is 5.59. The number of nitrogens with one attached hydrogen (secondary N) is 2. The van der Waals surface area contributed by atoms with Gasteiger partial charge in [-0.3, -0.25) is 19.2 Å². The van der Waals surface area contributed by atoms with Crippen molar-refractivity contribution in [3.63, 3.8) is 0 Å². The van der Waals surface area contributed by atoms with Gasteiger partial charge in [0.25, 0.3) is 0 Å². The van der Waals surface area contributed by atoms with Crippen LogP contribution in [0.5, 0.6) is 0 Å². The molecule has 10 N–H and O–H groups in total. The number of fused-ring (bicyclic) bond motifs is 2. The first kappa shape index (κ1) is 42.7. The molecule has 2 aliphatic rings. The Hall–Kier alpha value is -4.28. The predicted octanol–water partition coefficient (Wildman–Crippen LogP) is 4.77. The number of carbonyl (C=O) groups excluding carboxylic acids is 4. The molecule has 0 bridgehead atoms. The van der Waals surface area contributed by atoms with E-state index in [4.69, 9.17) is 16.3 Å². The van der Waals surface area contributed by atoms with Gasteiger partial charge in [0.1, 0.15) is 0 Å². The zero-order valence-electron chi connectivity index (χ0n) is 29.6. The summed E-state index contributed by atoms with van der Waals surface area (Å²) in [5, 5.41) is 9.04. The summed E-state index contributed by atoms with van der Waals surface area (Å²) in [4.78, 5) is 40.5. The maximum Gasteiger partial charge on any atom is 0.220 e. The number of rotatable bonds is 11. The summed E-state index contributed by atoms with van der Waals surface area (Å²) in [6.45, 7) is 6.78. The Labute approximate surface area is 293 Å². The largest absolute Gasteiger partial charge is 0.372 e. The number of carbonyl (C=O) groups is 4. The Morgan fingerprint density at radius 2 is 1.49 bits per heavy atom. The van der Waals surface area contributed by atoms with Crippen molar-refractivity contribution >= 4 is 34.9 Å². The summed E-state index contributed by atoms with van der Waals surface area (Å²) in [7, 11) is 0. The summed E-state index contributed by atoms with van der Waals surface area (Å²) in [5.74, 6) is 0.411. The number of aryl methyl sites for hydroxylation is 1. The topological polar surface area (TPSA) is 196 Å². The maximum atomic E-state index is 12.1. The highest BCUT2D eigenvalue weighted by Crippen LogP contribution is 2.27. The molecular weight excluding hydrogens is 616 g/mol. The second kappa shape index (κ2) is 26.6. The molecule has 1 heterocycles. The lowest BCUT2D eigenvalue weighted by atomic mass is 9.99. The van der Waals surface area contributed by atoms with Gasteiger partial charge in [0.05, 0.1) is 0 Å². The molecule has 10 nitrogen and oxygen atoms in total. The number of hydrogen-bond acceptors (Lipinski definition) is 6. The molecule has 1 aliphatic carbocycles. The van der Waals surface area contributed by atoms with Crippen molar-refractivity contribution in [2.75, 3.05) is 13.1 Å². The lowest BCUT2D eigenvalue weighted by Crippen LogP contribution is -2.37. The molecule has 1 fully saturated rings. The van der Waals surface area contributed by atoms with Crippen LogP contribution in [0.15, 0.2) is 66.7 Å². The third-order valence-electron chi connectivity index (χ3n) is 8.43. The Morgan fingerprint density at radius 1 is 0.878 bits per heavy atom. The number of hydrogen-bond donors (Lipinski definition) is 6. The van der Waals surface area contributed by atoms with Gasteiger partial charge in [0.2, 0.25) is 24.1 Å². The molecule has 49 heavy (non-hydrogen) atoms. The van der Waals surface area contributed by atoms with E-state index in [2.05, 4.69) is 95.8 Å². The summed E-state index contributed by atoms with van der Waals surface area (Å²) >= 11 is 0. The van der Waals surface area contributed by atoms with Crippen molar-refractivity contribution in [3.8, 4) is 0 Å². The fourth-order valence-corrected chi connectivity index (χ4v) is 5.59. The molecule has 1 atom stereocenters. The molecule has 3 aromatic rings. The van der Waals surface area contributed by atoms with Crippen molar-refractivity contribution in [1.29, 1.82) is 0 Å². The summed E-state index contributed by atoms with van der Waals surface area (Å²) in [6, 6.07) is 23.8. The van der Waals surface area contributed by atoms with Gasteiger partial charge < -0.3 is 33.6 Å². The van der Waals surface area contributed by atoms with E-state index >= 15 is 0 Å². The first-order valence-corrected chi connectivity index (χ1v) is 17.6. The fraction of sp³-hybridized carbons (Fsp3) is 0.487. The van der Waals surface area contributed by atoms with Gasteiger partial charge >= 0.3 is 0 Å². The minimum Gasteiger partial charge on any atom is -0.372 e. The van der Waals surface area contributed by atoms with Crippen LogP contribution in [0.25, 0.3) is 10.8 Å². The van der Waals surface area contributed by atoms with Gasteiger partial charge in [-0.2, -0.15) is 0 Å². The van der Waals surface area contributed by atoms with Crippen LogP contribution in [-0.4, -0.2) is 43.3 Å². The van der Waals surface area contributed by atoms with Crippen molar-refractivity contribution in [2.24, 2.45) is 28.9 Å². The minimum atomic E-state index is -0.245. The third kappa shape index (κ3) is 20.0. The monoisotopic (exact) mass is 676 g/mol. The van der Waals surface area contributed by atoms with Crippen molar-refractivity contribution in [2.45, 2.75) is 103 Å². The van der Waals surface area contributed by atoms with E-state index < -0.39 is 0 Å². The Kier molecular flexibility index (Phi) is 23.2. The lowest BCUT2D eigenvalue weighted by molar-refractivity contribution is -0.122. The van der Waals surface area contributed by atoms with E-state index in [0.717, 1.165) is 38.8 Å². The van der Waals surface area contributed by atoms with E-state index in [1.807, 2.05) is 0 Å². The minimum absolute atomic E-state index is 0.188. The average molecular weight is 677 g/mol. The Balaban J connectivity index is 0.000000369. The SMILES string of the molecule is CC(NC(=O)CCc1ccc2ccccc2c1)C1CCCC1.CCC(N)=O.NC=O.NCCCCCC(N)=O.c1ccc2c(c1)CCNC2. The van der Waals surface area contributed by atoms with Crippen LogP contribution in [-0.2, 0) is 38.6 Å². The first-order valence-electron chi connectivity index (χ1n) is 17.6. The number of benzene rings is 3.